The third kappa shape index (κ3) is 1.82. The molecule has 4 nitrogen and oxygen atoms in total. The van der Waals surface area contributed by atoms with Gasteiger partial charge in [-0.3, -0.25) is 4.98 Å². The fourth-order valence-electron chi connectivity index (χ4n) is 2.11. The summed E-state index contributed by atoms with van der Waals surface area (Å²) >= 11 is 0. The second-order valence-electron chi connectivity index (χ2n) is 4.30. The summed E-state index contributed by atoms with van der Waals surface area (Å²) in [7, 11) is 1.99. The van der Waals surface area contributed by atoms with Crippen LogP contribution in [0.25, 0.3) is 11.0 Å². The number of rotatable bonds is 2. The molecule has 18 heavy (non-hydrogen) atoms. The molecule has 90 valence electrons. The molecular formula is C14H13N3O. The first-order valence-corrected chi connectivity index (χ1v) is 5.77. The topological polar surface area (TPSA) is 50.9 Å². The molecule has 0 radical (unpaired) electrons. The van der Waals surface area contributed by atoms with Crippen LogP contribution >= 0.6 is 0 Å². The number of fused-ring (bicyclic) bond motifs is 1. The van der Waals surface area contributed by atoms with E-state index in [0.29, 0.717) is 6.42 Å². The molecule has 1 N–H and O–H groups in total. The Labute approximate surface area is 105 Å². The van der Waals surface area contributed by atoms with Crippen molar-refractivity contribution in [1.82, 2.24) is 14.5 Å². The third-order valence-corrected chi connectivity index (χ3v) is 3.05. The summed E-state index contributed by atoms with van der Waals surface area (Å²) in [6.07, 6.45) is 4.23. The lowest BCUT2D eigenvalue weighted by Crippen LogP contribution is -1.98. The van der Waals surface area contributed by atoms with Crippen LogP contribution < -0.4 is 0 Å². The Hall–Kier alpha value is -2.36. The third-order valence-electron chi connectivity index (χ3n) is 3.05. The van der Waals surface area contributed by atoms with Crippen molar-refractivity contribution in [3.05, 3.63) is 54.1 Å². The van der Waals surface area contributed by atoms with Crippen molar-refractivity contribution in [3.63, 3.8) is 0 Å². The highest BCUT2D eigenvalue weighted by atomic mass is 16.3. The molecule has 0 aliphatic heterocycles. The minimum atomic E-state index is 0.285. The first-order chi connectivity index (χ1) is 8.74. The Balaban J connectivity index is 2.02. The minimum Gasteiger partial charge on any atom is -0.508 e. The minimum absolute atomic E-state index is 0.285. The van der Waals surface area contributed by atoms with Crippen LogP contribution in [0.5, 0.6) is 5.75 Å². The molecule has 0 fully saturated rings. The van der Waals surface area contributed by atoms with E-state index in [0.717, 1.165) is 22.4 Å². The highest BCUT2D eigenvalue weighted by Gasteiger charge is 2.08. The fourth-order valence-corrected chi connectivity index (χ4v) is 2.11. The lowest BCUT2D eigenvalue weighted by Gasteiger charge is -2.03. The van der Waals surface area contributed by atoms with Gasteiger partial charge in [0.1, 0.15) is 17.1 Å². The van der Waals surface area contributed by atoms with Gasteiger partial charge in [-0.25, -0.2) is 4.98 Å². The van der Waals surface area contributed by atoms with Crippen molar-refractivity contribution in [3.8, 4) is 5.75 Å². The number of pyridine rings is 1. The van der Waals surface area contributed by atoms with Gasteiger partial charge in [0, 0.05) is 19.7 Å². The molecule has 4 heteroatoms. The second-order valence-corrected chi connectivity index (χ2v) is 4.30. The van der Waals surface area contributed by atoms with Crippen LogP contribution in [0.15, 0.2) is 42.7 Å². The number of aryl methyl sites for hydroxylation is 1. The van der Waals surface area contributed by atoms with Gasteiger partial charge in [0.25, 0.3) is 0 Å². The quantitative estimate of drug-likeness (QED) is 0.746. The summed E-state index contributed by atoms with van der Waals surface area (Å²) in [6.45, 7) is 0. The Morgan fingerprint density at radius 2 is 2.17 bits per heavy atom. The van der Waals surface area contributed by atoms with Crippen LogP contribution in [0, 0.1) is 0 Å². The fraction of sp³-hybridized carbons (Fsp3) is 0.143. The number of aromatic hydroxyl groups is 1. The maximum absolute atomic E-state index is 9.46. The zero-order chi connectivity index (χ0) is 12.5. The summed E-state index contributed by atoms with van der Waals surface area (Å²) < 4.78 is 2.06. The highest BCUT2D eigenvalue weighted by Crippen LogP contribution is 2.18. The SMILES string of the molecule is Cn1c(Cc2cccc(O)c2)nc2cnccc21. The molecule has 0 aliphatic carbocycles. The van der Waals surface area contributed by atoms with Crippen LogP contribution in [0.2, 0.25) is 0 Å². The number of phenols is 1. The van der Waals surface area contributed by atoms with Crippen LogP contribution in [-0.4, -0.2) is 19.6 Å². The lowest BCUT2D eigenvalue weighted by atomic mass is 10.1. The molecule has 0 bridgehead atoms. The molecule has 3 rings (SSSR count). The standard InChI is InChI=1S/C14H13N3O/c1-17-13-5-6-15-9-12(13)16-14(17)8-10-3-2-4-11(18)7-10/h2-7,9,18H,8H2,1H3. The van der Waals surface area contributed by atoms with Crippen molar-refractivity contribution < 1.29 is 5.11 Å². The average Bonchev–Trinajstić information content (AvgIpc) is 2.67. The number of phenolic OH excluding ortho intramolecular Hbond substituents is 1. The Morgan fingerprint density at radius 3 is 2.94 bits per heavy atom. The largest absolute Gasteiger partial charge is 0.508 e. The van der Waals surface area contributed by atoms with Crippen LogP contribution in [0.1, 0.15) is 11.4 Å². The lowest BCUT2D eigenvalue weighted by molar-refractivity contribution is 0.474. The van der Waals surface area contributed by atoms with Gasteiger partial charge in [0.05, 0.1) is 11.7 Å². The van der Waals surface area contributed by atoms with E-state index < -0.39 is 0 Å². The van der Waals surface area contributed by atoms with E-state index in [2.05, 4.69) is 14.5 Å². The van der Waals surface area contributed by atoms with Crippen LogP contribution in [0.3, 0.4) is 0 Å². The highest BCUT2D eigenvalue weighted by molar-refractivity contribution is 5.74. The van der Waals surface area contributed by atoms with E-state index in [1.165, 1.54) is 0 Å². The number of aromatic nitrogens is 3. The molecule has 0 atom stereocenters. The smallest absolute Gasteiger partial charge is 0.115 e. The monoisotopic (exact) mass is 239 g/mol. The molecule has 0 unspecified atom stereocenters. The van der Waals surface area contributed by atoms with Crippen molar-refractivity contribution >= 4 is 11.0 Å². The molecule has 3 aromatic rings. The molecule has 0 amide bonds. The Morgan fingerprint density at radius 1 is 1.28 bits per heavy atom. The summed E-state index contributed by atoms with van der Waals surface area (Å²) in [5, 5.41) is 9.46. The maximum Gasteiger partial charge on any atom is 0.115 e. The van der Waals surface area contributed by atoms with Crippen molar-refractivity contribution in [2.75, 3.05) is 0 Å². The predicted molar refractivity (Wildman–Crippen MR) is 69.4 cm³/mol. The number of benzene rings is 1. The predicted octanol–water partition coefficient (Wildman–Crippen LogP) is 2.26. The summed E-state index contributed by atoms with van der Waals surface area (Å²) in [5.74, 6) is 1.25. The molecule has 0 aliphatic rings. The van der Waals surface area contributed by atoms with Crippen molar-refractivity contribution in [2.45, 2.75) is 6.42 Å². The normalized spacial score (nSPS) is 10.9. The second kappa shape index (κ2) is 4.14. The summed E-state index contributed by atoms with van der Waals surface area (Å²) in [6, 6.07) is 9.21. The Bertz CT molecular complexity index is 703. The zero-order valence-corrected chi connectivity index (χ0v) is 10.0. The van der Waals surface area contributed by atoms with Gasteiger partial charge in [-0.05, 0) is 23.8 Å². The van der Waals surface area contributed by atoms with Gasteiger partial charge in [-0.15, -0.1) is 0 Å². The van der Waals surface area contributed by atoms with Crippen molar-refractivity contribution in [2.24, 2.45) is 7.05 Å². The molecule has 0 saturated heterocycles. The average molecular weight is 239 g/mol. The number of hydrogen-bond acceptors (Lipinski definition) is 3. The molecule has 1 aromatic carbocycles. The van der Waals surface area contributed by atoms with E-state index in [9.17, 15) is 5.11 Å². The number of imidazole rings is 1. The first-order valence-electron chi connectivity index (χ1n) is 5.77. The Kier molecular flexibility index (Phi) is 2.48. The van der Waals surface area contributed by atoms with E-state index in [1.54, 1.807) is 24.5 Å². The zero-order valence-electron chi connectivity index (χ0n) is 10.0. The molecule has 0 spiro atoms. The maximum atomic E-state index is 9.46. The molecular weight excluding hydrogens is 226 g/mol. The van der Waals surface area contributed by atoms with Gasteiger partial charge in [0.2, 0.25) is 0 Å². The van der Waals surface area contributed by atoms with E-state index in [4.69, 9.17) is 0 Å². The van der Waals surface area contributed by atoms with Gasteiger partial charge in [-0.2, -0.15) is 0 Å². The van der Waals surface area contributed by atoms with Gasteiger partial charge >= 0.3 is 0 Å². The molecule has 2 heterocycles. The van der Waals surface area contributed by atoms with Crippen LogP contribution in [0.4, 0.5) is 0 Å². The van der Waals surface area contributed by atoms with E-state index in [1.807, 2.05) is 25.2 Å². The van der Waals surface area contributed by atoms with Gasteiger partial charge in [0.15, 0.2) is 0 Å². The van der Waals surface area contributed by atoms with Gasteiger partial charge < -0.3 is 9.67 Å². The van der Waals surface area contributed by atoms with E-state index >= 15 is 0 Å². The van der Waals surface area contributed by atoms with Gasteiger partial charge in [-0.1, -0.05) is 12.1 Å². The first kappa shape index (κ1) is 10.8. The molecule has 2 aromatic heterocycles. The summed E-state index contributed by atoms with van der Waals surface area (Å²) in [5.41, 5.74) is 3.01. The van der Waals surface area contributed by atoms with Crippen molar-refractivity contribution in [1.29, 1.82) is 0 Å². The number of hydrogen-bond donors (Lipinski definition) is 1. The number of nitrogens with zero attached hydrogens (tertiary/aromatic N) is 3. The van der Waals surface area contributed by atoms with Crippen LogP contribution in [-0.2, 0) is 13.5 Å². The van der Waals surface area contributed by atoms with E-state index in [-0.39, 0.29) is 5.75 Å². The molecule has 0 saturated carbocycles. The summed E-state index contributed by atoms with van der Waals surface area (Å²) in [4.78, 5) is 8.63.